The van der Waals surface area contributed by atoms with Crippen molar-refractivity contribution >= 4 is 29.0 Å². The molecule has 236 valence electrons. The van der Waals surface area contributed by atoms with Crippen molar-refractivity contribution in [3.8, 4) is 12.1 Å². The SMILES string of the molecule is C=Cc1cc2c(cn1)CC(=O)C(C#N)=C2N1CCC2(CC1)CC2.CCc1cc2c(cn1)CC(=O)C(C#N)=C2N1CCC2(CC1)CC2.[HH]. The number of hydrogen-bond donors (Lipinski definition) is 0. The Morgan fingerprint density at radius 2 is 1.24 bits per heavy atom. The van der Waals surface area contributed by atoms with Gasteiger partial charge < -0.3 is 9.80 Å². The number of aromatic nitrogens is 2. The minimum absolute atomic E-state index is 0. The number of likely N-dealkylation sites (tertiary alicyclic amines) is 2. The first-order valence-electron chi connectivity index (χ1n) is 16.8. The lowest BCUT2D eigenvalue weighted by Crippen LogP contribution is -2.36. The zero-order chi connectivity index (χ0) is 32.1. The maximum absolute atomic E-state index is 12.4. The number of piperidine rings is 2. The number of ketones is 2. The second-order valence-corrected chi connectivity index (χ2v) is 14.0. The van der Waals surface area contributed by atoms with Crippen LogP contribution >= 0.6 is 0 Å². The Balaban J connectivity index is 0.000000161. The van der Waals surface area contributed by atoms with Crippen molar-refractivity contribution in [1.82, 2.24) is 19.8 Å². The van der Waals surface area contributed by atoms with Crippen LogP contribution in [-0.4, -0.2) is 57.5 Å². The predicted molar refractivity (Wildman–Crippen MR) is 177 cm³/mol. The van der Waals surface area contributed by atoms with E-state index < -0.39 is 0 Å². The third-order valence-corrected chi connectivity index (χ3v) is 11.3. The van der Waals surface area contributed by atoms with Crippen LogP contribution < -0.4 is 0 Å². The largest absolute Gasteiger partial charge is 0.370 e. The van der Waals surface area contributed by atoms with Gasteiger partial charge in [-0.25, -0.2) is 0 Å². The number of nitrogens with zero attached hydrogens (tertiary/aromatic N) is 6. The van der Waals surface area contributed by atoms with Crippen LogP contribution in [0.3, 0.4) is 0 Å². The summed E-state index contributed by atoms with van der Waals surface area (Å²) in [6, 6.07) is 8.38. The third kappa shape index (κ3) is 5.45. The molecule has 4 fully saturated rings. The standard InChI is InChI=1S/C19H21N3O.C19H19N3O.H2/c2*1-2-14-10-15-13(12-21-14)9-17(23)16(11-20)18(15)22-7-5-19(3-4-19)6-8-22;/h10,12H,2-9H2,1H3;2,10,12H,1,3-9H2;1H. The Labute approximate surface area is 272 Å². The van der Waals surface area contributed by atoms with E-state index in [-0.39, 0.29) is 19.4 Å². The van der Waals surface area contributed by atoms with Gasteiger partial charge in [0.2, 0.25) is 0 Å². The van der Waals surface area contributed by atoms with Gasteiger partial charge in [-0.2, -0.15) is 10.5 Å². The first kappa shape index (κ1) is 30.1. The summed E-state index contributed by atoms with van der Waals surface area (Å²) < 4.78 is 0. The first-order chi connectivity index (χ1) is 22.3. The lowest BCUT2D eigenvalue weighted by Gasteiger charge is -2.37. The fourth-order valence-electron chi connectivity index (χ4n) is 7.76. The van der Waals surface area contributed by atoms with E-state index in [0.717, 1.165) is 90.5 Å². The second-order valence-electron chi connectivity index (χ2n) is 14.0. The average molecular weight is 615 g/mol. The molecule has 2 saturated heterocycles. The number of nitriles is 2. The van der Waals surface area contributed by atoms with Crippen LogP contribution in [0.15, 0.2) is 42.3 Å². The Bertz CT molecular complexity index is 1780. The summed E-state index contributed by atoms with van der Waals surface area (Å²) in [7, 11) is 0. The average Bonchev–Trinajstić information content (AvgIpc) is 4.02. The molecule has 8 heteroatoms. The summed E-state index contributed by atoms with van der Waals surface area (Å²) in [5, 5.41) is 19.1. The molecule has 4 aliphatic carbocycles. The maximum Gasteiger partial charge on any atom is 0.179 e. The van der Waals surface area contributed by atoms with Crippen LogP contribution in [0.25, 0.3) is 17.5 Å². The molecule has 8 nitrogen and oxygen atoms in total. The van der Waals surface area contributed by atoms with Crippen molar-refractivity contribution in [2.24, 2.45) is 10.8 Å². The fourth-order valence-corrected chi connectivity index (χ4v) is 7.76. The number of allylic oxidation sites excluding steroid dienone is 2. The number of Topliss-reactive ketones (excluding diaryl/α,β-unsaturated/α-hetero) is 2. The molecule has 0 amide bonds. The highest BCUT2D eigenvalue weighted by Crippen LogP contribution is 2.55. The van der Waals surface area contributed by atoms with Crippen molar-refractivity contribution in [1.29, 1.82) is 10.5 Å². The van der Waals surface area contributed by atoms with Gasteiger partial charge in [-0.05, 0) is 98.0 Å². The fraction of sp³-hybridized carbons (Fsp3) is 0.474. The van der Waals surface area contributed by atoms with Gasteiger partial charge in [0, 0.05) is 69.7 Å². The van der Waals surface area contributed by atoms with Crippen molar-refractivity contribution < 1.29 is 11.0 Å². The number of pyridine rings is 2. The van der Waals surface area contributed by atoms with Crippen LogP contribution in [0.1, 0.15) is 93.4 Å². The van der Waals surface area contributed by atoms with Crippen molar-refractivity contribution in [3.63, 3.8) is 0 Å². The topological polar surface area (TPSA) is 114 Å². The minimum atomic E-state index is -0.0881. The van der Waals surface area contributed by atoms with Crippen LogP contribution in [0, 0.1) is 33.5 Å². The highest BCUT2D eigenvalue weighted by Gasteiger charge is 2.46. The molecule has 2 aliphatic heterocycles. The van der Waals surface area contributed by atoms with Crippen LogP contribution in [0.5, 0.6) is 0 Å². The second kappa shape index (κ2) is 11.7. The number of carbonyl (C=O) groups is 2. The van der Waals surface area contributed by atoms with E-state index in [9.17, 15) is 20.1 Å². The highest BCUT2D eigenvalue weighted by atomic mass is 16.1. The van der Waals surface area contributed by atoms with E-state index >= 15 is 0 Å². The van der Waals surface area contributed by atoms with Crippen LogP contribution in [0.2, 0.25) is 0 Å². The number of hydrogen-bond acceptors (Lipinski definition) is 8. The van der Waals surface area contributed by atoms with E-state index in [1.165, 1.54) is 38.5 Å². The minimum Gasteiger partial charge on any atom is -0.370 e. The molecule has 0 aromatic carbocycles. The molecular weight excluding hydrogens is 572 g/mol. The molecule has 8 rings (SSSR count). The maximum atomic E-state index is 12.4. The van der Waals surface area contributed by atoms with Gasteiger partial charge in [0.25, 0.3) is 0 Å². The number of carbonyl (C=O) groups excluding carboxylic acids is 2. The van der Waals surface area contributed by atoms with E-state index in [4.69, 9.17) is 0 Å². The molecule has 2 saturated carbocycles. The van der Waals surface area contributed by atoms with Gasteiger partial charge in [0.05, 0.1) is 17.1 Å². The normalized spacial score (nSPS) is 22.0. The molecule has 2 aromatic rings. The molecule has 0 radical (unpaired) electrons. The molecule has 46 heavy (non-hydrogen) atoms. The summed E-state index contributed by atoms with van der Waals surface area (Å²) in [6.07, 6.45) is 16.8. The van der Waals surface area contributed by atoms with Gasteiger partial charge in [-0.1, -0.05) is 13.5 Å². The Hall–Kier alpha value is -4.56. The Kier molecular flexibility index (Phi) is 7.64. The van der Waals surface area contributed by atoms with Crippen LogP contribution in [-0.2, 0) is 28.9 Å². The van der Waals surface area contributed by atoms with Gasteiger partial charge >= 0.3 is 0 Å². The van der Waals surface area contributed by atoms with E-state index in [1.54, 1.807) is 12.3 Å². The van der Waals surface area contributed by atoms with Gasteiger partial charge in [-0.3, -0.25) is 19.6 Å². The summed E-state index contributed by atoms with van der Waals surface area (Å²) in [4.78, 5) is 38.0. The molecule has 6 aliphatic rings. The van der Waals surface area contributed by atoms with Gasteiger partial charge in [-0.15, -0.1) is 0 Å². The quantitative estimate of drug-likeness (QED) is 0.407. The lowest BCUT2D eigenvalue weighted by molar-refractivity contribution is -0.115. The first-order valence-corrected chi connectivity index (χ1v) is 16.8. The number of aryl methyl sites for hydroxylation is 1. The number of rotatable bonds is 4. The molecule has 0 unspecified atom stereocenters. The zero-order valence-electron chi connectivity index (χ0n) is 26.7. The van der Waals surface area contributed by atoms with E-state index in [1.807, 2.05) is 12.3 Å². The molecule has 2 aromatic heterocycles. The van der Waals surface area contributed by atoms with Crippen molar-refractivity contribution in [3.05, 3.63) is 75.9 Å². The highest BCUT2D eigenvalue weighted by molar-refractivity contribution is 6.10. The summed E-state index contributed by atoms with van der Waals surface area (Å²) in [5.74, 6) is -0.150. The van der Waals surface area contributed by atoms with Crippen molar-refractivity contribution in [2.75, 3.05) is 26.2 Å². The molecular formula is C38H42N6O2. The van der Waals surface area contributed by atoms with E-state index in [2.05, 4.69) is 51.5 Å². The Morgan fingerprint density at radius 1 is 0.783 bits per heavy atom. The summed E-state index contributed by atoms with van der Waals surface area (Å²) in [6.45, 7) is 9.62. The predicted octanol–water partition coefficient (Wildman–Crippen LogP) is 6.09. The molecule has 0 bridgehead atoms. The van der Waals surface area contributed by atoms with E-state index in [0.29, 0.717) is 28.4 Å². The third-order valence-electron chi connectivity index (χ3n) is 11.3. The number of fused-ring (bicyclic) bond motifs is 2. The van der Waals surface area contributed by atoms with Gasteiger partial charge in [0.1, 0.15) is 23.3 Å². The lowest BCUT2D eigenvalue weighted by atomic mass is 9.86. The summed E-state index contributed by atoms with van der Waals surface area (Å²) >= 11 is 0. The molecule has 4 heterocycles. The van der Waals surface area contributed by atoms with Crippen LogP contribution in [0.4, 0.5) is 0 Å². The monoisotopic (exact) mass is 614 g/mol. The molecule has 0 N–H and O–H groups in total. The zero-order valence-corrected chi connectivity index (χ0v) is 26.7. The molecule has 2 spiro atoms. The van der Waals surface area contributed by atoms with Crippen molar-refractivity contribution in [2.45, 2.75) is 77.6 Å². The van der Waals surface area contributed by atoms with Gasteiger partial charge in [0.15, 0.2) is 11.6 Å². The molecule has 0 atom stereocenters. The Morgan fingerprint density at radius 3 is 1.65 bits per heavy atom. The smallest absolute Gasteiger partial charge is 0.179 e. The summed E-state index contributed by atoms with van der Waals surface area (Å²) in [5.41, 5.74) is 9.21.